The van der Waals surface area contributed by atoms with Gasteiger partial charge in [0.2, 0.25) is 0 Å². The van der Waals surface area contributed by atoms with Crippen LogP contribution in [0.25, 0.3) is 0 Å². The Hall–Kier alpha value is -3.84. The van der Waals surface area contributed by atoms with Crippen LogP contribution in [-0.4, -0.2) is 36.5 Å². The van der Waals surface area contributed by atoms with Gasteiger partial charge in [0.05, 0.1) is 6.61 Å². The molecule has 33 heavy (non-hydrogen) atoms. The summed E-state index contributed by atoms with van der Waals surface area (Å²) in [5.41, 5.74) is 2.58. The summed E-state index contributed by atoms with van der Waals surface area (Å²) in [6.45, 7) is 2.61. The zero-order valence-corrected chi connectivity index (χ0v) is 18.4. The van der Waals surface area contributed by atoms with Crippen LogP contribution in [0.1, 0.15) is 18.1 Å². The smallest absolute Gasteiger partial charge is 0.417 e. The number of aliphatic carboxylic acids is 1. The van der Waals surface area contributed by atoms with Crippen molar-refractivity contribution in [3.8, 4) is 11.5 Å². The number of carboxylic acid groups (broad SMARTS) is 1. The average Bonchev–Trinajstić information content (AvgIpc) is 2.81. The predicted molar refractivity (Wildman–Crippen MR) is 125 cm³/mol. The van der Waals surface area contributed by atoms with Gasteiger partial charge in [-0.15, -0.1) is 0 Å². The summed E-state index contributed by atoms with van der Waals surface area (Å²) in [7, 11) is 0. The van der Waals surface area contributed by atoms with Crippen LogP contribution in [0.2, 0.25) is 0 Å². The minimum atomic E-state index is -0.966. The van der Waals surface area contributed by atoms with Gasteiger partial charge in [0, 0.05) is 25.1 Å². The number of amides is 1. The Kier molecular flexibility index (Phi) is 8.85. The maximum absolute atomic E-state index is 12.0. The standard InChI is InChI=1S/C26H27NO6/c1-2-31-24(25(28)29)18-20-10-14-22(15-11-20)32-17-16-19-8-12-21(13-9-19)27-26(30)33-23-6-4-3-5-7-23/h3-15,24H,2,16-18H2,1H3,(H,27,30)(H,28,29)/t24-/m0/s1. The summed E-state index contributed by atoms with van der Waals surface area (Å²) in [5, 5.41) is 11.9. The molecule has 0 saturated heterocycles. The Balaban J connectivity index is 1.42. The van der Waals surface area contributed by atoms with Gasteiger partial charge in [0.15, 0.2) is 6.10 Å². The molecular weight excluding hydrogens is 422 g/mol. The highest BCUT2D eigenvalue weighted by molar-refractivity contribution is 5.86. The third kappa shape index (κ3) is 7.97. The summed E-state index contributed by atoms with van der Waals surface area (Å²) in [4.78, 5) is 23.2. The second-order valence-corrected chi connectivity index (χ2v) is 7.25. The maximum Gasteiger partial charge on any atom is 0.417 e. The molecule has 3 aromatic carbocycles. The Morgan fingerprint density at radius 1 is 0.879 bits per heavy atom. The van der Waals surface area contributed by atoms with Crippen LogP contribution in [0.4, 0.5) is 10.5 Å². The molecule has 3 aromatic rings. The van der Waals surface area contributed by atoms with Crippen molar-refractivity contribution in [3.05, 3.63) is 90.0 Å². The molecule has 2 N–H and O–H groups in total. The van der Waals surface area contributed by atoms with E-state index in [1.807, 2.05) is 54.6 Å². The van der Waals surface area contributed by atoms with Gasteiger partial charge in [-0.2, -0.15) is 0 Å². The van der Waals surface area contributed by atoms with Gasteiger partial charge in [-0.1, -0.05) is 42.5 Å². The molecule has 0 spiro atoms. The van der Waals surface area contributed by atoms with Crippen LogP contribution in [-0.2, 0) is 22.4 Å². The van der Waals surface area contributed by atoms with Gasteiger partial charge >= 0.3 is 12.1 Å². The van der Waals surface area contributed by atoms with Crippen molar-refractivity contribution in [1.82, 2.24) is 0 Å². The molecule has 0 bridgehead atoms. The molecule has 0 saturated carbocycles. The lowest BCUT2D eigenvalue weighted by Crippen LogP contribution is -2.26. The van der Waals surface area contributed by atoms with Crippen molar-refractivity contribution in [2.24, 2.45) is 0 Å². The van der Waals surface area contributed by atoms with Crippen molar-refractivity contribution < 1.29 is 28.9 Å². The minimum absolute atomic E-state index is 0.308. The lowest BCUT2D eigenvalue weighted by atomic mass is 10.1. The second kappa shape index (κ2) is 12.3. The highest BCUT2D eigenvalue weighted by Gasteiger charge is 2.17. The van der Waals surface area contributed by atoms with E-state index >= 15 is 0 Å². The van der Waals surface area contributed by atoms with Crippen molar-refractivity contribution in [2.75, 3.05) is 18.5 Å². The maximum atomic E-state index is 12.0. The molecule has 172 valence electrons. The fourth-order valence-electron chi connectivity index (χ4n) is 3.13. The van der Waals surface area contributed by atoms with E-state index < -0.39 is 18.2 Å². The summed E-state index contributed by atoms with van der Waals surface area (Å²) in [6.07, 6.45) is -0.388. The molecule has 0 unspecified atom stereocenters. The fourth-order valence-corrected chi connectivity index (χ4v) is 3.13. The van der Waals surface area contributed by atoms with E-state index in [4.69, 9.17) is 14.2 Å². The number of carbonyl (C=O) groups excluding carboxylic acids is 1. The first-order valence-corrected chi connectivity index (χ1v) is 10.7. The van der Waals surface area contributed by atoms with E-state index in [-0.39, 0.29) is 0 Å². The summed E-state index contributed by atoms with van der Waals surface area (Å²) in [6, 6.07) is 23.7. The molecule has 1 atom stereocenters. The second-order valence-electron chi connectivity index (χ2n) is 7.25. The monoisotopic (exact) mass is 449 g/mol. The Labute approximate surface area is 192 Å². The van der Waals surface area contributed by atoms with Gasteiger partial charge in [0.1, 0.15) is 11.5 Å². The van der Waals surface area contributed by atoms with Crippen molar-refractivity contribution in [1.29, 1.82) is 0 Å². The molecule has 0 aliphatic heterocycles. The highest BCUT2D eigenvalue weighted by Crippen LogP contribution is 2.16. The molecule has 0 aliphatic rings. The van der Waals surface area contributed by atoms with Crippen LogP contribution in [0.3, 0.4) is 0 Å². The van der Waals surface area contributed by atoms with Crippen molar-refractivity contribution >= 4 is 17.7 Å². The first kappa shape index (κ1) is 23.8. The Morgan fingerprint density at radius 3 is 2.18 bits per heavy atom. The van der Waals surface area contributed by atoms with Gasteiger partial charge in [-0.25, -0.2) is 9.59 Å². The number of benzene rings is 3. The topological polar surface area (TPSA) is 94.1 Å². The number of hydrogen-bond donors (Lipinski definition) is 2. The van der Waals surface area contributed by atoms with E-state index in [0.29, 0.717) is 43.2 Å². The van der Waals surface area contributed by atoms with Crippen LogP contribution >= 0.6 is 0 Å². The zero-order valence-electron chi connectivity index (χ0n) is 18.4. The van der Waals surface area contributed by atoms with Gasteiger partial charge in [0.25, 0.3) is 0 Å². The van der Waals surface area contributed by atoms with Gasteiger partial charge in [-0.05, 0) is 54.4 Å². The third-order valence-corrected chi connectivity index (χ3v) is 4.80. The summed E-state index contributed by atoms with van der Waals surface area (Å²) < 4.78 is 16.2. The number of carbonyl (C=O) groups is 2. The number of anilines is 1. The van der Waals surface area contributed by atoms with Crippen LogP contribution in [0.5, 0.6) is 11.5 Å². The number of ether oxygens (including phenoxy) is 3. The van der Waals surface area contributed by atoms with E-state index in [9.17, 15) is 14.7 Å². The summed E-state index contributed by atoms with van der Waals surface area (Å²) >= 11 is 0. The normalized spacial score (nSPS) is 11.4. The number of para-hydroxylation sites is 1. The quantitative estimate of drug-likeness (QED) is 0.430. The highest BCUT2D eigenvalue weighted by atomic mass is 16.6. The van der Waals surface area contributed by atoms with E-state index in [1.54, 1.807) is 31.2 Å². The first-order valence-electron chi connectivity index (χ1n) is 10.7. The Bertz CT molecular complexity index is 1020. The molecule has 1 amide bonds. The van der Waals surface area contributed by atoms with Gasteiger partial charge in [-0.3, -0.25) is 5.32 Å². The van der Waals surface area contributed by atoms with Crippen LogP contribution in [0, 0.1) is 0 Å². The molecular formula is C26H27NO6. The lowest BCUT2D eigenvalue weighted by molar-refractivity contribution is -0.149. The largest absolute Gasteiger partial charge is 0.493 e. The molecule has 0 aliphatic carbocycles. The molecule has 7 nitrogen and oxygen atoms in total. The SMILES string of the molecule is CCO[C@@H](Cc1ccc(OCCc2ccc(NC(=O)Oc3ccccc3)cc2)cc1)C(=O)O. The number of hydrogen-bond acceptors (Lipinski definition) is 5. The Morgan fingerprint density at radius 2 is 1.55 bits per heavy atom. The minimum Gasteiger partial charge on any atom is -0.493 e. The molecule has 0 heterocycles. The molecule has 7 heteroatoms. The average molecular weight is 450 g/mol. The number of carboxylic acids is 1. The number of rotatable bonds is 11. The zero-order chi connectivity index (χ0) is 23.5. The van der Waals surface area contributed by atoms with Crippen LogP contribution < -0.4 is 14.8 Å². The molecule has 0 fully saturated rings. The molecule has 0 radical (unpaired) electrons. The molecule has 3 rings (SSSR count). The van der Waals surface area contributed by atoms with E-state index in [0.717, 1.165) is 11.1 Å². The van der Waals surface area contributed by atoms with Crippen LogP contribution in [0.15, 0.2) is 78.9 Å². The van der Waals surface area contributed by atoms with Crippen molar-refractivity contribution in [3.63, 3.8) is 0 Å². The van der Waals surface area contributed by atoms with Crippen molar-refractivity contribution in [2.45, 2.75) is 25.9 Å². The van der Waals surface area contributed by atoms with E-state index in [1.165, 1.54) is 0 Å². The summed E-state index contributed by atoms with van der Waals surface area (Å²) in [5.74, 6) is 0.225. The molecule has 0 aromatic heterocycles. The lowest BCUT2D eigenvalue weighted by Gasteiger charge is -2.13. The fraction of sp³-hybridized carbons (Fsp3) is 0.231. The third-order valence-electron chi connectivity index (χ3n) is 4.80. The predicted octanol–water partition coefficient (Wildman–Crippen LogP) is 4.95. The van der Waals surface area contributed by atoms with E-state index in [2.05, 4.69) is 5.32 Å². The first-order chi connectivity index (χ1) is 16.0. The number of nitrogens with one attached hydrogen (secondary N) is 1. The van der Waals surface area contributed by atoms with Gasteiger partial charge < -0.3 is 19.3 Å².